The van der Waals surface area contributed by atoms with Gasteiger partial charge in [-0.15, -0.1) is 0 Å². The number of pyridine rings is 1. The van der Waals surface area contributed by atoms with Gasteiger partial charge in [0.05, 0.1) is 4.90 Å². The first-order valence-electron chi connectivity index (χ1n) is 8.29. The molecule has 26 heavy (non-hydrogen) atoms. The van der Waals surface area contributed by atoms with Crippen molar-refractivity contribution >= 4 is 15.5 Å². The average Bonchev–Trinajstić information content (AvgIpc) is 2.60. The fraction of sp³-hybridized carbons (Fsp3) is 0.389. The molecule has 1 aliphatic heterocycles. The van der Waals surface area contributed by atoms with Crippen LogP contribution in [0, 0.1) is 0 Å². The number of hydrogen-bond acceptors (Lipinski definition) is 4. The maximum absolute atomic E-state index is 13.6. The Hall–Kier alpha value is -2.09. The van der Waals surface area contributed by atoms with Gasteiger partial charge < -0.3 is 4.90 Å². The minimum Gasteiger partial charge on any atom is -0.371 e. The van der Waals surface area contributed by atoms with Crippen molar-refractivity contribution in [3.63, 3.8) is 0 Å². The maximum atomic E-state index is 13.6. The lowest BCUT2D eigenvalue weighted by Crippen LogP contribution is -2.30. The first kappa shape index (κ1) is 18.7. The van der Waals surface area contributed by atoms with Crippen molar-refractivity contribution in [2.75, 3.05) is 24.2 Å². The number of rotatable bonds is 3. The van der Waals surface area contributed by atoms with Gasteiger partial charge in [-0.25, -0.2) is 8.42 Å². The van der Waals surface area contributed by atoms with Crippen molar-refractivity contribution < 1.29 is 21.6 Å². The number of anilines is 1. The van der Waals surface area contributed by atoms with E-state index >= 15 is 0 Å². The molecule has 2 heterocycles. The highest BCUT2D eigenvalue weighted by Gasteiger charge is 2.37. The summed E-state index contributed by atoms with van der Waals surface area (Å²) in [4.78, 5) is 5.60. The molecular formula is C18H19F3N2O2S. The van der Waals surface area contributed by atoms with Crippen molar-refractivity contribution in [1.29, 1.82) is 0 Å². The molecule has 4 nitrogen and oxygen atoms in total. The van der Waals surface area contributed by atoms with Crippen LogP contribution in [0.25, 0.3) is 11.1 Å². The third-order valence-electron chi connectivity index (χ3n) is 4.47. The Morgan fingerprint density at radius 2 is 1.62 bits per heavy atom. The van der Waals surface area contributed by atoms with E-state index in [1.807, 2.05) is 4.90 Å². The molecule has 3 rings (SSSR count). The third kappa shape index (κ3) is 3.85. The van der Waals surface area contributed by atoms with Gasteiger partial charge in [-0.3, -0.25) is 4.98 Å². The molecule has 140 valence electrons. The van der Waals surface area contributed by atoms with E-state index in [4.69, 9.17) is 0 Å². The molecule has 0 spiro atoms. The molecule has 0 atom stereocenters. The van der Waals surface area contributed by atoms with Crippen LogP contribution < -0.4 is 4.90 Å². The fourth-order valence-corrected chi connectivity index (χ4v) is 3.85. The number of sulfone groups is 1. The SMILES string of the molecule is CS(=O)(=O)c1ccc(-c2c(N3CCCCC3)ccnc2C(F)(F)F)cc1. The zero-order chi connectivity index (χ0) is 18.9. The number of aromatic nitrogens is 1. The van der Waals surface area contributed by atoms with Gasteiger partial charge in [-0.1, -0.05) is 12.1 Å². The molecular weight excluding hydrogens is 365 g/mol. The molecule has 8 heteroatoms. The van der Waals surface area contributed by atoms with E-state index in [2.05, 4.69) is 4.98 Å². The number of piperidine rings is 1. The van der Waals surface area contributed by atoms with E-state index in [0.29, 0.717) is 24.3 Å². The molecule has 0 unspecified atom stereocenters. The van der Waals surface area contributed by atoms with E-state index < -0.39 is 21.7 Å². The van der Waals surface area contributed by atoms with Crippen LogP contribution in [0.1, 0.15) is 25.0 Å². The molecule has 1 aliphatic rings. The van der Waals surface area contributed by atoms with Crippen LogP contribution >= 0.6 is 0 Å². The van der Waals surface area contributed by atoms with E-state index in [9.17, 15) is 21.6 Å². The first-order chi connectivity index (χ1) is 12.2. The molecule has 0 N–H and O–H groups in total. The molecule has 0 amide bonds. The Bertz CT molecular complexity index is 888. The Labute approximate surface area is 150 Å². The fourth-order valence-electron chi connectivity index (χ4n) is 3.22. The first-order valence-corrected chi connectivity index (χ1v) is 10.2. The summed E-state index contributed by atoms with van der Waals surface area (Å²) in [6.45, 7) is 1.38. The lowest BCUT2D eigenvalue weighted by molar-refractivity contribution is -0.140. The van der Waals surface area contributed by atoms with Crippen LogP contribution in [-0.2, 0) is 16.0 Å². The molecule has 1 aromatic carbocycles. The standard InChI is InChI=1S/C18H19F3N2O2S/c1-26(24,25)14-7-5-13(6-8-14)16-15(23-11-3-2-4-12-23)9-10-22-17(16)18(19,20)21/h5-10H,2-4,11-12H2,1H3. The molecule has 1 aromatic heterocycles. The van der Waals surface area contributed by atoms with Crippen molar-refractivity contribution in [1.82, 2.24) is 4.98 Å². The number of alkyl halides is 3. The summed E-state index contributed by atoms with van der Waals surface area (Å²) in [5.41, 5.74) is -0.160. The Morgan fingerprint density at radius 3 is 2.15 bits per heavy atom. The Morgan fingerprint density at radius 1 is 1.00 bits per heavy atom. The van der Waals surface area contributed by atoms with Crippen molar-refractivity contribution in [3.8, 4) is 11.1 Å². The predicted molar refractivity (Wildman–Crippen MR) is 93.8 cm³/mol. The largest absolute Gasteiger partial charge is 0.434 e. The average molecular weight is 384 g/mol. The smallest absolute Gasteiger partial charge is 0.371 e. The van der Waals surface area contributed by atoms with E-state index in [1.165, 1.54) is 30.5 Å². The number of nitrogens with zero attached hydrogens (tertiary/aromatic N) is 2. The van der Waals surface area contributed by atoms with Gasteiger partial charge in [-0.05, 0) is 43.0 Å². The van der Waals surface area contributed by atoms with E-state index in [0.717, 1.165) is 25.5 Å². The second kappa shape index (κ2) is 6.90. The van der Waals surface area contributed by atoms with Crippen LogP contribution in [0.5, 0.6) is 0 Å². The van der Waals surface area contributed by atoms with Crippen molar-refractivity contribution in [3.05, 3.63) is 42.2 Å². The summed E-state index contributed by atoms with van der Waals surface area (Å²) in [7, 11) is -3.42. The van der Waals surface area contributed by atoms with Gasteiger partial charge in [0.1, 0.15) is 0 Å². The number of benzene rings is 1. The van der Waals surface area contributed by atoms with Crippen LogP contribution in [0.2, 0.25) is 0 Å². The van der Waals surface area contributed by atoms with Crippen molar-refractivity contribution in [2.24, 2.45) is 0 Å². The zero-order valence-electron chi connectivity index (χ0n) is 14.3. The molecule has 0 aliphatic carbocycles. The summed E-state index contributed by atoms with van der Waals surface area (Å²) in [6.07, 6.45) is 0.558. The molecule has 1 saturated heterocycles. The summed E-state index contributed by atoms with van der Waals surface area (Å²) in [5.74, 6) is 0. The predicted octanol–water partition coefficient (Wildman–Crippen LogP) is 4.16. The van der Waals surface area contributed by atoms with Gasteiger partial charge in [0.25, 0.3) is 0 Å². The van der Waals surface area contributed by atoms with Crippen LogP contribution in [0.4, 0.5) is 18.9 Å². The maximum Gasteiger partial charge on any atom is 0.434 e. The summed E-state index contributed by atoms with van der Waals surface area (Å²) in [5, 5.41) is 0. The highest BCUT2D eigenvalue weighted by Crippen LogP contribution is 2.41. The Kier molecular flexibility index (Phi) is 4.96. The molecule has 2 aromatic rings. The van der Waals surface area contributed by atoms with Gasteiger partial charge in [-0.2, -0.15) is 13.2 Å². The Balaban J connectivity index is 2.16. The van der Waals surface area contributed by atoms with Crippen LogP contribution in [-0.4, -0.2) is 32.7 Å². The lowest BCUT2D eigenvalue weighted by Gasteiger charge is -2.31. The van der Waals surface area contributed by atoms with Crippen LogP contribution in [0.15, 0.2) is 41.4 Å². The third-order valence-corrected chi connectivity index (χ3v) is 5.59. The van der Waals surface area contributed by atoms with Gasteiger partial charge in [0, 0.05) is 36.8 Å². The van der Waals surface area contributed by atoms with Gasteiger partial charge in [0.2, 0.25) is 0 Å². The monoisotopic (exact) mass is 384 g/mol. The van der Waals surface area contributed by atoms with Gasteiger partial charge >= 0.3 is 6.18 Å². The minimum absolute atomic E-state index is 0.00181. The lowest BCUT2D eigenvalue weighted by atomic mass is 9.99. The van der Waals surface area contributed by atoms with Crippen molar-refractivity contribution in [2.45, 2.75) is 30.3 Å². The quantitative estimate of drug-likeness (QED) is 0.797. The van der Waals surface area contributed by atoms with Crippen LogP contribution in [0.3, 0.4) is 0 Å². The zero-order valence-corrected chi connectivity index (χ0v) is 15.1. The summed E-state index contributed by atoms with van der Waals surface area (Å²) < 4.78 is 64.0. The van der Waals surface area contributed by atoms with Gasteiger partial charge in [0.15, 0.2) is 15.5 Å². The topological polar surface area (TPSA) is 50.3 Å². The summed E-state index contributed by atoms with van der Waals surface area (Å²) >= 11 is 0. The highest BCUT2D eigenvalue weighted by molar-refractivity contribution is 7.90. The van der Waals surface area contributed by atoms with E-state index in [-0.39, 0.29) is 10.5 Å². The molecule has 0 saturated carbocycles. The summed E-state index contributed by atoms with van der Waals surface area (Å²) in [6, 6.07) is 7.09. The number of halogens is 3. The van der Waals surface area contributed by atoms with E-state index in [1.54, 1.807) is 6.07 Å². The minimum atomic E-state index is -4.60. The normalized spacial score (nSPS) is 15.9. The number of hydrogen-bond donors (Lipinski definition) is 0. The molecule has 1 fully saturated rings. The highest BCUT2D eigenvalue weighted by atomic mass is 32.2. The second-order valence-electron chi connectivity index (χ2n) is 6.40. The second-order valence-corrected chi connectivity index (χ2v) is 8.41. The molecule has 0 bridgehead atoms. The molecule has 0 radical (unpaired) electrons.